The van der Waals surface area contributed by atoms with Gasteiger partial charge in [-0.15, -0.1) is 0 Å². The largest absolute Gasteiger partial charge is 0.436 e. The minimum absolute atomic E-state index is 0.325. The first-order valence-corrected chi connectivity index (χ1v) is 8.28. The van der Waals surface area contributed by atoms with E-state index in [0.717, 1.165) is 22.2 Å². The van der Waals surface area contributed by atoms with Crippen molar-refractivity contribution in [1.29, 1.82) is 5.41 Å². The Morgan fingerprint density at radius 2 is 1.58 bits per heavy atom. The summed E-state index contributed by atoms with van der Waals surface area (Å²) in [5, 5.41) is 8.34. The summed E-state index contributed by atoms with van der Waals surface area (Å²) in [6, 6.07) is 24.9. The molecule has 4 rings (SSSR count). The van der Waals surface area contributed by atoms with Crippen LogP contribution in [-0.4, -0.2) is 10.7 Å². The molecule has 3 N–H and O–H groups in total. The van der Waals surface area contributed by atoms with Crippen LogP contribution >= 0.6 is 0 Å². The van der Waals surface area contributed by atoms with Crippen molar-refractivity contribution in [3.63, 3.8) is 0 Å². The minimum atomic E-state index is 0.325. The molecular weight excluding hydrogens is 322 g/mol. The van der Waals surface area contributed by atoms with Crippen LogP contribution in [0.25, 0.3) is 28.3 Å². The van der Waals surface area contributed by atoms with Gasteiger partial charge in [0.2, 0.25) is 5.89 Å². The van der Waals surface area contributed by atoms with Gasteiger partial charge in [0.1, 0.15) is 5.52 Å². The number of rotatable bonds is 4. The molecule has 0 aliphatic carbocycles. The van der Waals surface area contributed by atoms with E-state index >= 15 is 0 Å². The molecule has 0 bridgehead atoms. The fourth-order valence-corrected chi connectivity index (χ4v) is 2.75. The van der Waals surface area contributed by atoms with Crippen molar-refractivity contribution in [2.45, 2.75) is 0 Å². The summed E-state index contributed by atoms with van der Waals surface area (Å²) in [6.45, 7) is 0. The second kappa shape index (κ2) is 6.69. The predicted molar refractivity (Wildman–Crippen MR) is 105 cm³/mol. The summed E-state index contributed by atoms with van der Waals surface area (Å²) in [7, 11) is 0. The van der Waals surface area contributed by atoms with Gasteiger partial charge in [0.15, 0.2) is 5.58 Å². The van der Waals surface area contributed by atoms with E-state index in [4.69, 9.17) is 15.6 Å². The van der Waals surface area contributed by atoms with Gasteiger partial charge in [0, 0.05) is 16.8 Å². The summed E-state index contributed by atoms with van der Waals surface area (Å²) in [5.41, 5.74) is 11.0. The van der Waals surface area contributed by atoms with Gasteiger partial charge in [-0.25, -0.2) is 4.98 Å². The van der Waals surface area contributed by atoms with Crippen LogP contribution in [0.3, 0.4) is 0 Å². The molecule has 4 nitrogen and oxygen atoms in total. The zero-order valence-corrected chi connectivity index (χ0v) is 14.0. The zero-order valence-electron chi connectivity index (χ0n) is 14.0. The molecule has 1 aromatic heterocycles. The van der Waals surface area contributed by atoms with E-state index < -0.39 is 0 Å². The Hall–Kier alpha value is -3.66. The van der Waals surface area contributed by atoms with Gasteiger partial charge < -0.3 is 15.6 Å². The second-order valence-electron chi connectivity index (χ2n) is 5.95. The van der Waals surface area contributed by atoms with E-state index in [2.05, 4.69) is 4.98 Å². The molecule has 4 aromatic rings. The molecular formula is C22H17N3O. The SMILES string of the molecule is N=C(/C=C(\N)c1ccccc1)c1ccc2nc(-c3ccccc3)oc2c1. The number of hydrogen-bond donors (Lipinski definition) is 2. The molecule has 0 radical (unpaired) electrons. The summed E-state index contributed by atoms with van der Waals surface area (Å²) in [4.78, 5) is 4.51. The minimum Gasteiger partial charge on any atom is -0.436 e. The Morgan fingerprint density at radius 1 is 0.885 bits per heavy atom. The lowest BCUT2D eigenvalue weighted by Gasteiger charge is -2.03. The van der Waals surface area contributed by atoms with Crippen LogP contribution in [0.2, 0.25) is 0 Å². The fraction of sp³-hybridized carbons (Fsp3) is 0. The molecule has 0 unspecified atom stereocenters. The summed E-state index contributed by atoms with van der Waals surface area (Å²) in [5.74, 6) is 0.573. The summed E-state index contributed by atoms with van der Waals surface area (Å²) >= 11 is 0. The Kier molecular flexibility index (Phi) is 4.07. The lowest BCUT2D eigenvalue weighted by Crippen LogP contribution is -2.02. The number of aromatic nitrogens is 1. The zero-order chi connectivity index (χ0) is 17.9. The monoisotopic (exact) mass is 339 g/mol. The highest BCUT2D eigenvalue weighted by Gasteiger charge is 2.10. The maximum Gasteiger partial charge on any atom is 0.227 e. The highest BCUT2D eigenvalue weighted by Crippen LogP contribution is 2.25. The number of nitrogens with two attached hydrogens (primary N) is 1. The molecule has 3 aromatic carbocycles. The highest BCUT2D eigenvalue weighted by molar-refractivity contribution is 6.11. The third-order valence-corrected chi connectivity index (χ3v) is 4.13. The Labute approximate surface area is 151 Å². The van der Waals surface area contributed by atoms with E-state index in [1.54, 1.807) is 6.08 Å². The molecule has 0 atom stereocenters. The smallest absolute Gasteiger partial charge is 0.227 e. The molecule has 1 heterocycles. The summed E-state index contributed by atoms with van der Waals surface area (Å²) in [6.07, 6.45) is 1.66. The number of benzene rings is 3. The van der Waals surface area contributed by atoms with Gasteiger partial charge in [-0.05, 0) is 35.9 Å². The van der Waals surface area contributed by atoms with Gasteiger partial charge in [0.05, 0.1) is 5.71 Å². The third kappa shape index (κ3) is 3.13. The van der Waals surface area contributed by atoms with E-state index in [1.165, 1.54) is 0 Å². The maximum absolute atomic E-state index is 8.34. The van der Waals surface area contributed by atoms with Crippen LogP contribution in [0, 0.1) is 5.41 Å². The normalized spacial score (nSPS) is 11.6. The molecule has 0 aliphatic heterocycles. The number of allylic oxidation sites excluding steroid dienone is 1. The van der Waals surface area contributed by atoms with Crippen molar-refractivity contribution >= 4 is 22.5 Å². The third-order valence-electron chi connectivity index (χ3n) is 4.13. The quantitative estimate of drug-likeness (QED) is 0.521. The Balaban J connectivity index is 1.66. The number of nitrogens with one attached hydrogen (secondary N) is 1. The van der Waals surface area contributed by atoms with E-state index in [-0.39, 0.29) is 0 Å². The van der Waals surface area contributed by atoms with Gasteiger partial charge in [-0.3, -0.25) is 0 Å². The first kappa shape index (κ1) is 15.8. The molecule has 0 saturated heterocycles. The Bertz CT molecular complexity index is 1100. The summed E-state index contributed by atoms with van der Waals surface area (Å²) < 4.78 is 5.87. The molecule has 0 aliphatic rings. The average Bonchev–Trinajstić information content (AvgIpc) is 3.12. The van der Waals surface area contributed by atoms with Crippen molar-refractivity contribution in [1.82, 2.24) is 4.98 Å². The van der Waals surface area contributed by atoms with Crippen molar-refractivity contribution < 1.29 is 4.42 Å². The van der Waals surface area contributed by atoms with Crippen molar-refractivity contribution in [2.24, 2.45) is 5.73 Å². The molecule has 0 amide bonds. The molecule has 0 saturated carbocycles. The molecule has 26 heavy (non-hydrogen) atoms. The first-order valence-electron chi connectivity index (χ1n) is 8.28. The van der Waals surface area contributed by atoms with Crippen LogP contribution < -0.4 is 5.73 Å². The molecule has 4 heteroatoms. The van der Waals surface area contributed by atoms with E-state index in [9.17, 15) is 0 Å². The van der Waals surface area contributed by atoms with Gasteiger partial charge in [-0.2, -0.15) is 0 Å². The topological polar surface area (TPSA) is 75.9 Å². The lowest BCUT2D eigenvalue weighted by molar-refractivity contribution is 0.620. The fourth-order valence-electron chi connectivity index (χ4n) is 2.75. The Morgan fingerprint density at radius 3 is 2.31 bits per heavy atom. The van der Waals surface area contributed by atoms with Crippen molar-refractivity contribution in [3.8, 4) is 11.5 Å². The van der Waals surface area contributed by atoms with Crippen LogP contribution in [0.4, 0.5) is 0 Å². The predicted octanol–water partition coefficient (Wildman–Crippen LogP) is 4.86. The van der Waals surface area contributed by atoms with E-state index in [1.807, 2.05) is 78.9 Å². The number of nitrogens with zero attached hydrogens (tertiary/aromatic N) is 1. The maximum atomic E-state index is 8.34. The van der Waals surface area contributed by atoms with Crippen LogP contribution in [0.1, 0.15) is 11.1 Å². The first-order chi connectivity index (χ1) is 12.7. The molecule has 0 spiro atoms. The van der Waals surface area contributed by atoms with Crippen molar-refractivity contribution in [3.05, 3.63) is 96.1 Å². The standard InChI is InChI=1S/C22H17N3O/c23-18(15-7-3-1-4-8-15)14-19(24)17-11-12-20-21(13-17)26-22(25-20)16-9-5-2-6-10-16/h1-14,24H,23H2/b18-14-,24-19?. The second-order valence-corrected chi connectivity index (χ2v) is 5.95. The average molecular weight is 339 g/mol. The number of hydrogen-bond acceptors (Lipinski definition) is 4. The number of oxazole rings is 1. The molecule has 0 fully saturated rings. The van der Waals surface area contributed by atoms with Crippen LogP contribution in [0.5, 0.6) is 0 Å². The van der Waals surface area contributed by atoms with Gasteiger partial charge >= 0.3 is 0 Å². The van der Waals surface area contributed by atoms with Crippen LogP contribution in [-0.2, 0) is 0 Å². The number of fused-ring (bicyclic) bond motifs is 1. The highest BCUT2D eigenvalue weighted by atomic mass is 16.3. The van der Waals surface area contributed by atoms with Gasteiger partial charge in [-0.1, -0.05) is 54.6 Å². The van der Waals surface area contributed by atoms with E-state index in [0.29, 0.717) is 22.9 Å². The van der Waals surface area contributed by atoms with Crippen LogP contribution in [0.15, 0.2) is 89.4 Å². The van der Waals surface area contributed by atoms with Gasteiger partial charge in [0.25, 0.3) is 0 Å². The lowest BCUT2D eigenvalue weighted by atomic mass is 10.1. The molecule has 126 valence electrons. The van der Waals surface area contributed by atoms with Crippen molar-refractivity contribution in [2.75, 3.05) is 0 Å².